The van der Waals surface area contributed by atoms with Crippen LogP contribution in [0, 0.1) is 22.7 Å². The van der Waals surface area contributed by atoms with E-state index >= 15 is 0 Å². The average molecular weight is 891 g/mol. The second kappa shape index (κ2) is 14.1. The molecule has 0 spiro atoms. The normalized spacial score (nSPS) is 16.1. The standard InChI is InChI=1S/C60H34N4O5/c61-31-41-42(32-62)59(63-43-21-19-35(33-11-3-1-4-12-33)25-53(43)68-55-29-51-39(27-45(55)63)37-15-7-9-17-47(37)65-51)60(58-50-24-23-49(67-50)57(41)58)64-44-22-20-36(34-13-5-2-6-14-34)26-54(44)69-56-30-52-40(28-46(56)64)38-16-8-10-18-48(38)66-52/h1-22,25-30,49-50H,23-24H2. The lowest BCUT2D eigenvalue weighted by Gasteiger charge is -2.41. The summed E-state index contributed by atoms with van der Waals surface area (Å²) in [6.07, 6.45) is 0.790. The van der Waals surface area contributed by atoms with Crippen molar-refractivity contribution in [3.8, 4) is 57.4 Å². The number of hydrogen-bond donors (Lipinski definition) is 0. The van der Waals surface area contributed by atoms with E-state index in [2.05, 4.69) is 101 Å². The highest BCUT2D eigenvalue weighted by molar-refractivity contribution is 6.12. The van der Waals surface area contributed by atoms with Crippen molar-refractivity contribution in [1.29, 1.82) is 10.5 Å². The van der Waals surface area contributed by atoms with Crippen LogP contribution in [0.5, 0.6) is 23.0 Å². The van der Waals surface area contributed by atoms with Crippen LogP contribution in [0.2, 0.25) is 0 Å². The van der Waals surface area contributed by atoms with Crippen LogP contribution in [0.3, 0.4) is 0 Å². The van der Waals surface area contributed by atoms with Gasteiger partial charge >= 0.3 is 0 Å². The molecule has 0 aliphatic carbocycles. The Labute approximate surface area is 394 Å². The van der Waals surface area contributed by atoms with Crippen LogP contribution in [0.25, 0.3) is 66.1 Å². The fourth-order valence-corrected chi connectivity index (χ4v) is 11.3. The molecule has 2 unspecified atom stereocenters. The van der Waals surface area contributed by atoms with E-state index in [0.29, 0.717) is 56.8 Å². The molecular weight excluding hydrogens is 857 g/mol. The Hall–Kier alpha value is -9.28. The lowest BCUT2D eigenvalue weighted by molar-refractivity contribution is 0.0717. The third-order valence-electron chi connectivity index (χ3n) is 14.3. The zero-order valence-corrected chi connectivity index (χ0v) is 36.6. The maximum atomic E-state index is 11.8. The molecule has 4 aliphatic heterocycles. The average Bonchev–Trinajstić information content (AvgIpc) is 4.20. The monoisotopic (exact) mass is 890 g/mol. The van der Waals surface area contributed by atoms with E-state index in [1.54, 1.807) is 0 Å². The van der Waals surface area contributed by atoms with Gasteiger partial charge in [-0.3, -0.25) is 0 Å². The minimum Gasteiger partial charge on any atom is -0.456 e. The Bertz CT molecular complexity index is 4120. The number of ether oxygens (including phenoxy) is 3. The van der Waals surface area contributed by atoms with Gasteiger partial charge in [-0.2, -0.15) is 10.5 Å². The zero-order valence-electron chi connectivity index (χ0n) is 36.6. The lowest BCUT2D eigenvalue weighted by atomic mass is 9.82. The summed E-state index contributed by atoms with van der Waals surface area (Å²) in [5.41, 5.74) is 13.2. The number of anilines is 6. The highest BCUT2D eigenvalue weighted by Crippen LogP contribution is 2.66. The molecule has 9 nitrogen and oxygen atoms in total. The molecule has 324 valence electrons. The van der Waals surface area contributed by atoms with Gasteiger partial charge in [-0.15, -0.1) is 0 Å². The molecule has 6 heterocycles. The SMILES string of the molecule is N#Cc1c(C#N)c(N2c3ccc(-c4ccccc4)cc3Oc3cc4oc5ccccc5c4cc32)c(N2c3ccc(-c4ccccc4)cc3Oc3cc4oc5ccccc5c4cc32)c2c1C1CCC2O1. The van der Waals surface area contributed by atoms with Crippen LogP contribution in [0.4, 0.5) is 34.1 Å². The lowest BCUT2D eigenvalue weighted by Crippen LogP contribution is -2.25. The molecule has 0 N–H and O–H groups in total. The Morgan fingerprint density at radius 2 is 0.855 bits per heavy atom. The largest absolute Gasteiger partial charge is 0.456 e. The summed E-state index contributed by atoms with van der Waals surface area (Å²) in [6.45, 7) is 0. The van der Waals surface area contributed by atoms with Crippen LogP contribution < -0.4 is 19.3 Å². The molecule has 9 heteroatoms. The molecule has 0 saturated carbocycles. The van der Waals surface area contributed by atoms with E-state index in [4.69, 9.17) is 23.0 Å². The van der Waals surface area contributed by atoms with E-state index in [-0.39, 0.29) is 17.8 Å². The van der Waals surface area contributed by atoms with Gasteiger partial charge in [0.15, 0.2) is 23.0 Å². The van der Waals surface area contributed by atoms with Gasteiger partial charge in [-0.1, -0.05) is 109 Å². The van der Waals surface area contributed by atoms with Gasteiger partial charge in [0.05, 0.1) is 57.5 Å². The first-order valence-electron chi connectivity index (χ1n) is 23.0. The van der Waals surface area contributed by atoms with Gasteiger partial charge in [0.1, 0.15) is 34.5 Å². The third kappa shape index (κ3) is 5.36. The van der Waals surface area contributed by atoms with Crippen LogP contribution in [-0.4, -0.2) is 0 Å². The molecule has 69 heavy (non-hydrogen) atoms. The summed E-state index contributed by atoms with van der Waals surface area (Å²) < 4.78 is 33.8. The molecule has 2 bridgehead atoms. The highest BCUT2D eigenvalue weighted by atomic mass is 16.5. The molecule has 0 radical (unpaired) electrons. The minimum atomic E-state index is -0.352. The van der Waals surface area contributed by atoms with Crippen molar-refractivity contribution in [2.75, 3.05) is 9.80 Å². The van der Waals surface area contributed by atoms with E-state index in [1.807, 2.05) is 91.0 Å². The van der Waals surface area contributed by atoms with Gasteiger partial charge < -0.3 is 32.8 Å². The summed E-state index contributed by atoms with van der Waals surface area (Å²) in [6, 6.07) is 62.2. The molecule has 2 atom stereocenters. The number of hydrogen-bond acceptors (Lipinski definition) is 9. The van der Waals surface area contributed by atoms with Crippen molar-refractivity contribution in [2.45, 2.75) is 25.0 Å². The van der Waals surface area contributed by atoms with E-state index in [9.17, 15) is 10.5 Å². The molecule has 1 saturated heterocycles. The molecule has 11 aromatic rings. The molecular formula is C60H34N4O5. The summed E-state index contributed by atoms with van der Waals surface area (Å²) in [4.78, 5) is 4.37. The third-order valence-corrected chi connectivity index (χ3v) is 14.3. The number of nitrogens with zero attached hydrogens (tertiary/aromatic N) is 4. The maximum Gasteiger partial charge on any atom is 0.155 e. The van der Waals surface area contributed by atoms with Crippen LogP contribution in [0.15, 0.2) is 179 Å². The van der Waals surface area contributed by atoms with Crippen LogP contribution >= 0.6 is 0 Å². The van der Waals surface area contributed by atoms with Gasteiger partial charge in [0.2, 0.25) is 0 Å². The summed E-state index contributed by atoms with van der Waals surface area (Å²) >= 11 is 0. The smallest absolute Gasteiger partial charge is 0.155 e. The Morgan fingerprint density at radius 3 is 1.38 bits per heavy atom. The molecule has 0 amide bonds. The summed E-state index contributed by atoms with van der Waals surface area (Å²) in [5.74, 6) is 2.31. The first-order chi connectivity index (χ1) is 34.1. The van der Waals surface area contributed by atoms with Crippen molar-refractivity contribution in [2.24, 2.45) is 0 Å². The van der Waals surface area contributed by atoms with Gasteiger partial charge in [0.25, 0.3) is 0 Å². The number of rotatable bonds is 4. The minimum absolute atomic E-state index is 0.232. The van der Waals surface area contributed by atoms with Crippen molar-refractivity contribution in [1.82, 2.24) is 0 Å². The Balaban J connectivity index is 1.09. The van der Waals surface area contributed by atoms with E-state index in [0.717, 1.165) is 96.0 Å². The van der Waals surface area contributed by atoms with Crippen LogP contribution in [0.1, 0.15) is 47.3 Å². The molecule has 1 fully saturated rings. The highest BCUT2D eigenvalue weighted by Gasteiger charge is 2.48. The van der Waals surface area contributed by atoms with Crippen molar-refractivity contribution >= 4 is 78.0 Å². The summed E-state index contributed by atoms with van der Waals surface area (Å²) in [5, 5.41) is 26.8. The van der Waals surface area contributed by atoms with Crippen molar-refractivity contribution in [3.05, 3.63) is 192 Å². The van der Waals surface area contributed by atoms with E-state index < -0.39 is 0 Å². The number of nitriles is 2. The number of fused-ring (bicyclic) bond motifs is 15. The van der Waals surface area contributed by atoms with Gasteiger partial charge in [-0.05, 0) is 83.6 Å². The van der Waals surface area contributed by atoms with Crippen LogP contribution in [-0.2, 0) is 4.74 Å². The number of para-hydroxylation sites is 2. The maximum absolute atomic E-state index is 11.8. The van der Waals surface area contributed by atoms with Crippen molar-refractivity contribution in [3.63, 3.8) is 0 Å². The van der Waals surface area contributed by atoms with Crippen molar-refractivity contribution < 1.29 is 23.0 Å². The van der Waals surface area contributed by atoms with Gasteiger partial charge in [0, 0.05) is 44.8 Å². The Morgan fingerprint density at radius 1 is 0.391 bits per heavy atom. The fraction of sp³-hybridized carbons (Fsp3) is 0.0667. The predicted octanol–water partition coefficient (Wildman–Crippen LogP) is 16.6. The first-order valence-corrected chi connectivity index (χ1v) is 23.0. The fourth-order valence-electron chi connectivity index (χ4n) is 11.3. The predicted molar refractivity (Wildman–Crippen MR) is 267 cm³/mol. The summed E-state index contributed by atoms with van der Waals surface area (Å²) in [7, 11) is 0. The molecule has 15 rings (SSSR count). The number of furan rings is 2. The molecule has 4 aliphatic rings. The first kappa shape index (κ1) is 37.9. The number of benzene rings is 9. The van der Waals surface area contributed by atoms with E-state index in [1.165, 1.54) is 0 Å². The molecule has 9 aromatic carbocycles. The van der Waals surface area contributed by atoms with Gasteiger partial charge in [-0.25, -0.2) is 0 Å². The second-order valence-electron chi connectivity index (χ2n) is 18.0. The zero-order chi connectivity index (χ0) is 45.5. The quantitative estimate of drug-likeness (QED) is 0.171. The second-order valence-corrected chi connectivity index (χ2v) is 18.0. The topological polar surface area (TPSA) is 108 Å². The Kier molecular flexibility index (Phi) is 7.75. The molecule has 2 aromatic heterocycles.